The molecule has 1 saturated heterocycles. The third kappa shape index (κ3) is 2.75. The molecule has 0 spiro atoms. The first-order valence-corrected chi connectivity index (χ1v) is 7.00. The summed E-state index contributed by atoms with van der Waals surface area (Å²) in [4.78, 5) is 19.2. The van der Waals surface area contributed by atoms with Crippen molar-refractivity contribution in [3.05, 3.63) is 23.6 Å². The number of nitrogens with zero attached hydrogens (tertiary/aromatic N) is 3. The van der Waals surface area contributed by atoms with Crippen LogP contribution < -0.4 is 4.90 Å². The molecule has 1 saturated carbocycles. The van der Waals surface area contributed by atoms with E-state index in [2.05, 4.69) is 9.88 Å². The number of halogens is 1. The highest BCUT2D eigenvalue weighted by molar-refractivity contribution is 5.88. The Hall–Kier alpha value is -1.69. The molecule has 3 rings (SSSR count). The maximum Gasteiger partial charge on any atom is 0.338 e. The number of hydrogen-bond donors (Lipinski definition) is 1. The van der Waals surface area contributed by atoms with E-state index >= 15 is 0 Å². The van der Waals surface area contributed by atoms with Gasteiger partial charge in [0.1, 0.15) is 5.56 Å². The third-order valence-corrected chi connectivity index (χ3v) is 3.99. The number of carbonyl (C=O) groups is 1. The minimum atomic E-state index is -1.25. The number of hydrogen-bond acceptors (Lipinski definition) is 4. The Labute approximate surface area is 117 Å². The minimum Gasteiger partial charge on any atom is -0.478 e. The second kappa shape index (κ2) is 5.36. The van der Waals surface area contributed by atoms with Crippen LogP contribution in [0, 0.1) is 11.7 Å². The number of aromatic carboxylic acids is 1. The van der Waals surface area contributed by atoms with Gasteiger partial charge in [-0.25, -0.2) is 14.2 Å². The molecule has 1 aromatic heterocycles. The Morgan fingerprint density at radius 1 is 1.35 bits per heavy atom. The molecule has 2 heterocycles. The Balaban J connectivity index is 1.68. The molecule has 0 atom stereocenters. The van der Waals surface area contributed by atoms with Crippen molar-refractivity contribution in [2.24, 2.45) is 5.92 Å². The molecule has 2 fully saturated rings. The predicted octanol–water partition coefficient (Wildman–Crippen LogP) is 1.45. The third-order valence-electron chi connectivity index (χ3n) is 3.99. The fourth-order valence-corrected chi connectivity index (χ4v) is 2.63. The highest BCUT2D eigenvalue weighted by Gasteiger charge is 2.28. The molecule has 1 aliphatic heterocycles. The molecule has 1 N–H and O–H groups in total. The van der Waals surface area contributed by atoms with Crippen molar-refractivity contribution in [3.8, 4) is 0 Å². The van der Waals surface area contributed by atoms with Gasteiger partial charge in [-0.2, -0.15) is 0 Å². The summed E-state index contributed by atoms with van der Waals surface area (Å²) in [6.07, 6.45) is 4.02. The average molecular weight is 279 g/mol. The number of carboxylic acids is 1. The van der Waals surface area contributed by atoms with Gasteiger partial charge in [0.25, 0.3) is 0 Å². The Morgan fingerprint density at radius 3 is 2.65 bits per heavy atom. The summed E-state index contributed by atoms with van der Waals surface area (Å²) in [6.45, 7) is 4.29. The molecule has 5 nitrogen and oxygen atoms in total. The van der Waals surface area contributed by atoms with Crippen molar-refractivity contribution in [2.75, 3.05) is 37.6 Å². The number of pyridine rings is 1. The molecule has 1 aliphatic carbocycles. The summed E-state index contributed by atoms with van der Waals surface area (Å²) in [5.41, 5.74) is -0.310. The molecule has 6 heteroatoms. The first-order chi connectivity index (χ1) is 9.65. The van der Waals surface area contributed by atoms with Crippen LogP contribution in [0.25, 0.3) is 0 Å². The fraction of sp³-hybridized carbons (Fsp3) is 0.571. The lowest BCUT2D eigenvalue weighted by Gasteiger charge is -2.35. The van der Waals surface area contributed by atoms with Gasteiger partial charge >= 0.3 is 5.97 Å². The van der Waals surface area contributed by atoms with Gasteiger partial charge in [-0.1, -0.05) is 0 Å². The van der Waals surface area contributed by atoms with Gasteiger partial charge in [0.2, 0.25) is 0 Å². The molecule has 2 aliphatic rings. The molecule has 0 amide bonds. The van der Waals surface area contributed by atoms with Crippen molar-refractivity contribution in [1.82, 2.24) is 9.88 Å². The van der Waals surface area contributed by atoms with Gasteiger partial charge in [-0.3, -0.25) is 4.90 Å². The topological polar surface area (TPSA) is 56.7 Å². The van der Waals surface area contributed by atoms with Crippen LogP contribution in [-0.4, -0.2) is 53.7 Å². The summed E-state index contributed by atoms with van der Waals surface area (Å²) >= 11 is 0. The van der Waals surface area contributed by atoms with Crippen molar-refractivity contribution in [3.63, 3.8) is 0 Å². The maximum absolute atomic E-state index is 14.1. The maximum atomic E-state index is 14.1. The van der Waals surface area contributed by atoms with Gasteiger partial charge in [0.05, 0.1) is 0 Å². The SMILES string of the molecule is O=C(O)c1ccnc(N2CCN(CC3CC3)CC2)c1F. The Morgan fingerprint density at radius 2 is 2.05 bits per heavy atom. The number of aromatic nitrogens is 1. The predicted molar refractivity (Wildman–Crippen MR) is 72.5 cm³/mol. The molecule has 0 radical (unpaired) electrons. The van der Waals surface area contributed by atoms with Crippen molar-refractivity contribution in [2.45, 2.75) is 12.8 Å². The smallest absolute Gasteiger partial charge is 0.338 e. The highest BCUT2D eigenvalue weighted by Crippen LogP contribution is 2.30. The van der Waals surface area contributed by atoms with E-state index in [9.17, 15) is 9.18 Å². The van der Waals surface area contributed by atoms with E-state index in [1.165, 1.54) is 25.1 Å². The first kappa shape index (κ1) is 13.3. The minimum absolute atomic E-state index is 0.163. The summed E-state index contributed by atoms with van der Waals surface area (Å²) in [5, 5.41) is 8.94. The molecule has 1 aromatic rings. The first-order valence-electron chi connectivity index (χ1n) is 7.00. The second-order valence-electron chi connectivity index (χ2n) is 5.53. The van der Waals surface area contributed by atoms with E-state index < -0.39 is 11.8 Å². The fourth-order valence-electron chi connectivity index (χ4n) is 2.63. The lowest BCUT2D eigenvalue weighted by Crippen LogP contribution is -2.47. The summed E-state index contributed by atoms with van der Waals surface area (Å²) in [6, 6.07) is 1.20. The second-order valence-corrected chi connectivity index (χ2v) is 5.53. The standard InChI is InChI=1S/C14H18FN3O2/c15-12-11(14(19)20)3-4-16-13(12)18-7-5-17(6-8-18)9-10-1-2-10/h3-4,10H,1-2,5-9H2,(H,19,20). The molecule has 20 heavy (non-hydrogen) atoms. The number of anilines is 1. The zero-order chi connectivity index (χ0) is 14.1. The number of rotatable bonds is 4. The van der Waals surface area contributed by atoms with Gasteiger partial charge < -0.3 is 10.0 Å². The highest BCUT2D eigenvalue weighted by atomic mass is 19.1. The zero-order valence-electron chi connectivity index (χ0n) is 11.3. The van der Waals surface area contributed by atoms with E-state index in [1.807, 2.05) is 4.90 Å². The van der Waals surface area contributed by atoms with E-state index in [4.69, 9.17) is 5.11 Å². The Kier molecular flexibility index (Phi) is 3.56. The molecular formula is C14H18FN3O2. The molecular weight excluding hydrogens is 261 g/mol. The summed E-state index contributed by atoms with van der Waals surface area (Å²) in [5.74, 6) is -0.961. The number of carboxylic acid groups (broad SMARTS) is 1. The summed E-state index contributed by atoms with van der Waals surface area (Å²) in [7, 11) is 0. The molecule has 108 valence electrons. The van der Waals surface area contributed by atoms with Gasteiger partial charge in [-0.15, -0.1) is 0 Å². The molecule has 0 bridgehead atoms. The lowest BCUT2D eigenvalue weighted by atomic mass is 10.2. The van der Waals surface area contributed by atoms with Crippen molar-refractivity contribution in [1.29, 1.82) is 0 Å². The van der Waals surface area contributed by atoms with Crippen LogP contribution in [0.1, 0.15) is 23.2 Å². The van der Waals surface area contributed by atoms with E-state index in [-0.39, 0.29) is 11.4 Å². The van der Waals surface area contributed by atoms with Crippen LogP contribution in [0.5, 0.6) is 0 Å². The largest absolute Gasteiger partial charge is 0.478 e. The van der Waals surface area contributed by atoms with Crippen LogP contribution >= 0.6 is 0 Å². The average Bonchev–Trinajstić information content (AvgIpc) is 3.24. The molecule has 0 unspecified atom stereocenters. The van der Waals surface area contributed by atoms with Gasteiger partial charge in [0.15, 0.2) is 11.6 Å². The summed E-state index contributed by atoms with van der Waals surface area (Å²) < 4.78 is 14.1. The Bertz CT molecular complexity index is 511. The van der Waals surface area contributed by atoms with Crippen LogP contribution in [0.4, 0.5) is 10.2 Å². The van der Waals surface area contributed by atoms with E-state index in [1.54, 1.807) is 0 Å². The van der Waals surface area contributed by atoms with E-state index in [0.29, 0.717) is 13.1 Å². The molecule has 0 aromatic carbocycles. The van der Waals surface area contributed by atoms with Crippen LogP contribution in [-0.2, 0) is 0 Å². The zero-order valence-corrected chi connectivity index (χ0v) is 11.3. The van der Waals surface area contributed by atoms with Crippen LogP contribution in [0.15, 0.2) is 12.3 Å². The normalized spacial score (nSPS) is 20.1. The van der Waals surface area contributed by atoms with Crippen LogP contribution in [0.3, 0.4) is 0 Å². The lowest BCUT2D eigenvalue weighted by molar-refractivity contribution is 0.0691. The van der Waals surface area contributed by atoms with Gasteiger partial charge in [-0.05, 0) is 24.8 Å². The van der Waals surface area contributed by atoms with Crippen molar-refractivity contribution >= 4 is 11.8 Å². The monoisotopic (exact) mass is 279 g/mol. The van der Waals surface area contributed by atoms with Crippen molar-refractivity contribution < 1.29 is 14.3 Å². The van der Waals surface area contributed by atoms with Gasteiger partial charge in [0, 0.05) is 38.9 Å². The number of piperazine rings is 1. The van der Waals surface area contributed by atoms with Crippen LogP contribution in [0.2, 0.25) is 0 Å². The quantitative estimate of drug-likeness (QED) is 0.904. The van der Waals surface area contributed by atoms with E-state index in [0.717, 1.165) is 25.6 Å².